The second-order valence-corrected chi connectivity index (χ2v) is 2.35. The number of nitrogens with two attached hydrogens (primary N) is 2. The zero-order valence-corrected chi connectivity index (χ0v) is 6.23. The Kier molecular flexibility index (Phi) is 1.26. The van der Waals surface area contributed by atoms with E-state index in [0.717, 1.165) is 5.69 Å². The first-order chi connectivity index (χ1) is 5.79. The Morgan fingerprint density at radius 3 is 2.67 bits per heavy atom. The maximum Gasteiger partial charge on any atom is 0.150 e. The van der Waals surface area contributed by atoms with Crippen molar-refractivity contribution in [2.75, 3.05) is 11.5 Å². The molecule has 2 rings (SSSR count). The van der Waals surface area contributed by atoms with E-state index in [4.69, 9.17) is 11.5 Å². The van der Waals surface area contributed by atoms with Gasteiger partial charge >= 0.3 is 0 Å². The first-order valence-corrected chi connectivity index (χ1v) is 3.37. The van der Waals surface area contributed by atoms with E-state index in [1.165, 1.54) is 10.9 Å². The zero-order chi connectivity index (χ0) is 8.55. The molecule has 2 aromatic rings. The molecule has 5 N–H and O–H groups in total. The lowest BCUT2D eigenvalue weighted by Gasteiger charge is -1.98. The lowest BCUT2D eigenvalue weighted by molar-refractivity contribution is 0.892. The fraction of sp³-hybridized carbons (Fsp3) is 0. The van der Waals surface area contributed by atoms with Gasteiger partial charge in [-0.05, 0) is 0 Å². The Hall–Kier alpha value is -1.98. The van der Waals surface area contributed by atoms with Crippen LogP contribution in [0.4, 0.5) is 11.5 Å². The summed E-state index contributed by atoms with van der Waals surface area (Å²) >= 11 is 0. The molecule has 62 valence electrons. The summed E-state index contributed by atoms with van der Waals surface area (Å²) in [5.41, 5.74) is 12.4. The predicted molar refractivity (Wildman–Crippen MR) is 44.5 cm³/mol. The highest BCUT2D eigenvalue weighted by molar-refractivity contribution is 5.60. The summed E-state index contributed by atoms with van der Waals surface area (Å²) in [4.78, 5) is 0. The minimum absolute atomic E-state index is 0.427. The van der Waals surface area contributed by atoms with E-state index in [0.29, 0.717) is 11.5 Å². The van der Waals surface area contributed by atoms with E-state index < -0.39 is 0 Å². The largest absolute Gasteiger partial charge is 0.394 e. The van der Waals surface area contributed by atoms with Gasteiger partial charge < -0.3 is 11.5 Å². The van der Waals surface area contributed by atoms with Crippen LogP contribution in [0.5, 0.6) is 0 Å². The third-order valence-electron chi connectivity index (χ3n) is 1.56. The van der Waals surface area contributed by atoms with Gasteiger partial charge in [-0.1, -0.05) is 0 Å². The van der Waals surface area contributed by atoms with E-state index in [1.54, 1.807) is 12.4 Å². The molecule has 0 amide bonds. The topological polar surface area (TPSA) is 98.5 Å². The molecule has 0 atom stereocenters. The van der Waals surface area contributed by atoms with Crippen molar-refractivity contribution >= 4 is 11.5 Å². The minimum atomic E-state index is 0.427. The van der Waals surface area contributed by atoms with Crippen LogP contribution in [-0.4, -0.2) is 20.0 Å². The maximum absolute atomic E-state index is 5.63. The lowest BCUT2D eigenvalue weighted by Crippen LogP contribution is -2.01. The second kappa shape index (κ2) is 2.26. The van der Waals surface area contributed by atoms with Crippen LogP contribution in [0.25, 0.3) is 5.69 Å². The SMILES string of the molecule is Nc1cnn(-c2cn[nH]c2)c1N. The summed E-state index contributed by atoms with van der Waals surface area (Å²) in [5.74, 6) is 0.427. The fourth-order valence-electron chi connectivity index (χ4n) is 0.936. The molecule has 0 fully saturated rings. The predicted octanol–water partition coefficient (Wildman–Crippen LogP) is -0.240. The molecule has 0 bridgehead atoms. The Morgan fingerprint density at radius 1 is 1.33 bits per heavy atom. The number of nitrogens with one attached hydrogen (secondary N) is 1. The van der Waals surface area contributed by atoms with Crippen LogP contribution in [0.15, 0.2) is 18.6 Å². The number of nitrogen functional groups attached to an aromatic ring is 2. The van der Waals surface area contributed by atoms with Gasteiger partial charge in [0.15, 0.2) is 5.82 Å². The van der Waals surface area contributed by atoms with Crippen LogP contribution in [0, 0.1) is 0 Å². The van der Waals surface area contributed by atoms with Crippen molar-refractivity contribution in [1.82, 2.24) is 20.0 Å². The molecule has 0 aliphatic carbocycles. The molecule has 12 heavy (non-hydrogen) atoms. The maximum atomic E-state index is 5.63. The van der Waals surface area contributed by atoms with Crippen molar-refractivity contribution in [3.63, 3.8) is 0 Å². The smallest absolute Gasteiger partial charge is 0.150 e. The van der Waals surface area contributed by atoms with E-state index in [-0.39, 0.29) is 0 Å². The zero-order valence-electron chi connectivity index (χ0n) is 6.23. The highest BCUT2D eigenvalue weighted by Gasteiger charge is 2.05. The number of anilines is 2. The normalized spacial score (nSPS) is 10.3. The van der Waals surface area contributed by atoms with E-state index >= 15 is 0 Å². The number of nitrogens with zero attached hydrogens (tertiary/aromatic N) is 3. The van der Waals surface area contributed by atoms with Crippen LogP contribution in [-0.2, 0) is 0 Å². The van der Waals surface area contributed by atoms with Crippen molar-refractivity contribution in [3.05, 3.63) is 18.6 Å². The number of H-pyrrole nitrogens is 1. The third kappa shape index (κ3) is 0.815. The van der Waals surface area contributed by atoms with Crippen LogP contribution in [0.1, 0.15) is 0 Å². The second-order valence-electron chi connectivity index (χ2n) is 2.35. The van der Waals surface area contributed by atoms with Gasteiger partial charge in [-0.25, -0.2) is 4.68 Å². The molecular weight excluding hydrogens is 156 g/mol. The average Bonchev–Trinajstić information content (AvgIpc) is 2.64. The number of hydrogen-bond acceptors (Lipinski definition) is 4. The van der Waals surface area contributed by atoms with Crippen molar-refractivity contribution in [3.8, 4) is 5.69 Å². The van der Waals surface area contributed by atoms with Gasteiger partial charge in [0.05, 0.1) is 18.1 Å². The number of hydrogen-bond donors (Lipinski definition) is 3. The van der Waals surface area contributed by atoms with E-state index in [2.05, 4.69) is 15.3 Å². The van der Waals surface area contributed by atoms with Crippen molar-refractivity contribution < 1.29 is 0 Å². The molecule has 0 unspecified atom stereocenters. The van der Waals surface area contributed by atoms with Gasteiger partial charge in [0.25, 0.3) is 0 Å². The van der Waals surface area contributed by atoms with E-state index in [9.17, 15) is 0 Å². The molecule has 0 spiro atoms. The fourth-order valence-corrected chi connectivity index (χ4v) is 0.936. The Labute approximate surface area is 68.2 Å². The number of aromatic amines is 1. The molecule has 0 aliphatic heterocycles. The van der Waals surface area contributed by atoms with Gasteiger partial charge in [0.1, 0.15) is 5.69 Å². The quantitative estimate of drug-likeness (QED) is 0.541. The van der Waals surface area contributed by atoms with Crippen LogP contribution < -0.4 is 11.5 Å². The minimum Gasteiger partial charge on any atom is -0.394 e. The molecule has 6 nitrogen and oxygen atoms in total. The summed E-state index contributed by atoms with van der Waals surface area (Å²) in [7, 11) is 0. The van der Waals surface area contributed by atoms with Gasteiger partial charge in [0.2, 0.25) is 0 Å². The lowest BCUT2D eigenvalue weighted by atomic mass is 10.5. The van der Waals surface area contributed by atoms with Crippen molar-refractivity contribution in [2.24, 2.45) is 0 Å². The monoisotopic (exact) mass is 164 g/mol. The molecule has 0 radical (unpaired) electrons. The van der Waals surface area contributed by atoms with Crippen LogP contribution in [0.3, 0.4) is 0 Å². The Balaban J connectivity index is 2.55. The first-order valence-electron chi connectivity index (χ1n) is 3.37. The molecule has 2 heterocycles. The molecule has 6 heteroatoms. The highest BCUT2D eigenvalue weighted by atomic mass is 15.3. The molecular formula is C6H8N6. The Morgan fingerprint density at radius 2 is 2.17 bits per heavy atom. The summed E-state index contributed by atoms with van der Waals surface area (Å²) in [6.45, 7) is 0. The molecule has 0 aliphatic rings. The number of aromatic nitrogens is 4. The summed E-state index contributed by atoms with van der Waals surface area (Å²) in [5, 5.41) is 10.4. The highest BCUT2D eigenvalue weighted by Crippen LogP contribution is 2.16. The van der Waals surface area contributed by atoms with Gasteiger partial charge in [0, 0.05) is 6.20 Å². The van der Waals surface area contributed by atoms with Crippen LogP contribution >= 0.6 is 0 Å². The third-order valence-corrected chi connectivity index (χ3v) is 1.56. The molecule has 0 saturated carbocycles. The summed E-state index contributed by atoms with van der Waals surface area (Å²) in [6.07, 6.45) is 4.80. The molecule has 0 aromatic carbocycles. The van der Waals surface area contributed by atoms with Gasteiger partial charge in [-0.15, -0.1) is 0 Å². The average molecular weight is 164 g/mol. The van der Waals surface area contributed by atoms with Crippen LogP contribution in [0.2, 0.25) is 0 Å². The first kappa shape index (κ1) is 6.71. The number of rotatable bonds is 1. The molecule has 2 aromatic heterocycles. The Bertz CT molecular complexity index is 373. The van der Waals surface area contributed by atoms with Crippen molar-refractivity contribution in [1.29, 1.82) is 0 Å². The summed E-state index contributed by atoms with van der Waals surface area (Å²) < 4.78 is 1.51. The van der Waals surface area contributed by atoms with E-state index in [1.807, 2.05) is 0 Å². The van der Waals surface area contributed by atoms with Crippen molar-refractivity contribution in [2.45, 2.75) is 0 Å². The molecule has 0 saturated heterocycles. The standard InChI is InChI=1S/C6H8N6/c7-5-3-11-12(6(5)8)4-1-9-10-2-4/h1-3H,7-8H2,(H,9,10). The summed E-state index contributed by atoms with van der Waals surface area (Å²) in [6, 6.07) is 0. The van der Waals surface area contributed by atoms with Gasteiger partial charge in [-0.3, -0.25) is 5.10 Å². The van der Waals surface area contributed by atoms with Gasteiger partial charge in [-0.2, -0.15) is 10.2 Å².